The van der Waals surface area contributed by atoms with E-state index in [-0.39, 0.29) is 0 Å². The van der Waals surface area contributed by atoms with Crippen molar-refractivity contribution in [3.05, 3.63) is 0 Å². The van der Waals surface area contributed by atoms with E-state index >= 15 is 0 Å². The fourth-order valence-electron chi connectivity index (χ4n) is 2.25. The van der Waals surface area contributed by atoms with Gasteiger partial charge in [0.15, 0.2) is 0 Å². The van der Waals surface area contributed by atoms with Crippen molar-refractivity contribution in [1.29, 1.82) is 0 Å². The molecule has 0 amide bonds. The molecule has 0 aliphatic heterocycles. The molecule has 0 spiro atoms. The third-order valence-electron chi connectivity index (χ3n) is 3.74. The zero-order valence-electron chi connectivity index (χ0n) is 11.0. The van der Waals surface area contributed by atoms with Gasteiger partial charge in [-0.25, -0.2) is 0 Å². The third kappa shape index (κ3) is 5.67. The van der Waals surface area contributed by atoms with Crippen LogP contribution < -0.4 is 0 Å². The first-order valence-electron chi connectivity index (χ1n) is 6.65. The molecule has 0 aliphatic rings. The van der Waals surface area contributed by atoms with Gasteiger partial charge in [0, 0.05) is 0 Å². The summed E-state index contributed by atoms with van der Waals surface area (Å²) in [7, 11) is 0. The molecule has 14 heavy (non-hydrogen) atoms. The summed E-state index contributed by atoms with van der Waals surface area (Å²) in [6.45, 7) is 11.8. The number of rotatable bonds is 8. The first kappa shape index (κ1) is 14.0. The minimum atomic E-state index is 0.920. The average Bonchev–Trinajstić information content (AvgIpc) is 2.21. The Hall–Kier alpha value is 0. The lowest BCUT2D eigenvalue weighted by atomic mass is 9.81. The molecule has 3 unspecified atom stereocenters. The van der Waals surface area contributed by atoms with E-state index in [0.717, 1.165) is 17.8 Å². The molecule has 0 aromatic carbocycles. The molecular weight excluding hydrogens is 168 g/mol. The minimum Gasteiger partial charge on any atom is -0.0654 e. The summed E-state index contributed by atoms with van der Waals surface area (Å²) in [4.78, 5) is 0. The molecule has 0 heterocycles. The molecule has 0 aromatic heterocycles. The number of hydrogen-bond acceptors (Lipinski definition) is 0. The van der Waals surface area contributed by atoms with Crippen molar-refractivity contribution in [3.8, 4) is 0 Å². The maximum atomic E-state index is 2.45. The van der Waals surface area contributed by atoms with Crippen molar-refractivity contribution in [2.75, 3.05) is 0 Å². The summed E-state index contributed by atoms with van der Waals surface area (Å²) in [5, 5.41) is 0. The van der Waals surface area contributed by atoms with Gasteiger partial charge in [0.1, 0.15) is 0 Å². The molecule has 0 radical (unpaired) electrons. The molecule has 0 aliphatic carbocycles. The normalized spacial score (nSPS) is 17.8. The highest BCUT2D eigenvalue weighted by molar-refractivity contribution is 4.68. The first-order valence-corrected chi connectivity index (χ1v) is 6.65. The summed E-state index contributed by atoms with van der Waals surface area (Å²) < 4.78 is 0. The van der Waals surface area contributed by atoms with Gasteiger partial charge in [0.25, 0.3) is 0 Å². The Balaban J connectivity index is 3.85. The predicted octanol–water partition coefficient (Wildman–Crippen LogP) is 5.28. The Morgan fingerprint density at radius 2 is 1.57 bits per heavy atom. The summed E-state index contributed by atoms with van der Waals surface area (Å²) in [6.07, 6.45) is 8.36. The Labute approximate surface area is 91.5 Å². The second-order valence-electron chi connectivity index (χ2n) is 5.04. The van der Waals surface area contributed by atoms with Gasteiger partial charge in [-0.3, -0.25) is 0 Å². The van der Waals surface area contributed by atoms with E-state index in [9.17, 15) is 0 Å². The zero-order valence-corrected chi connectivity index (χ0v) is 11.0. The Morgan fingerprint density at radius 1 is 0.929 bits per heavy atom. The van der Waals surface area contributed by atoms with Crippen molar-refractivity contribution in [3.63, 3.8) is 0 Å². The fourth-order valence-corrected chi connectivity index (χ4v) is 2.25. The van der Waals surface area contributed by atoms with E-state index in [1.807, 2.05) is 0 Å². The monoisotopic (exact) mass is 198 g/mol. The van der Waals surface area contributed by atoms with E-state index in [1.165, 1.54) is 38.5 Å². The summed E-state index contributed by atoms with van der Waals surface area (Å²) in [5.41, 5.74) is 0. The van der Waals surface area contributed by atoms with E-state index in [2.05, 4.69) is 34.6 Å². The lowest BCUT2D eigenvalue weighted by molar-refractivity contribution is 0.262. The van der Waals surface area contributed by atoms with Crippen molar-refractivity contribution in [1.82, 2.24) is 0 Å². The molecular formula is C14H30. The standard InChI is InChI=1S/C14H30/c1-6-9-10-13(5)14(8-3)11-12(4)7-2/h12-14H,6-11H2,1-5H3. The fraction of sp³-hybridized carbons (Fsp3) is 1.00. The van der Waals surface area contributed by atoms with Crippen LogP contribution in [0.25, 0.3) is 0 Å². The van der Waals surface area contributed by atoms with Gasteiger partial charge in [0.2, 0.25) is 0 Å². The lowest BCUT2D eigenvalue weighted by Crippen LogP contribution is -2.14. The maximum absolute atomic E-state index is 2.45. The highest BCUT2D eigenvalue weighted by atomic mass is 14.2. The topological polar surface area (TPSA) is 0 Å². The van der Waals surface area contributed by atoms with Crippen LogP contribution in [-0.2, 0) is 0 Å². The molecule has 3 atom stereocenters. The summed E-state index contributed by atoms with van der Waals surface area (Å²) in [6, 6.07) is 0. The van der Waals surface area contributed by atoms with E-state index < -0.39 is 0 Å². The molecule has 0 heteroatoms. The van der Waals surface area contributed by atoms with Crippen LogP contribution in [0.5, 0.6) is 0 Å². The van der Waals surface area contributed by atoms with Gasteiger partial charge in [0.05, 0.1) is 0 Å². The largest absolute Gasteiger partial charge is 0.0654 e. The highest BCUT2D eigenvalue weighted by Gasteiger charge is 2.16. The van der Waals surface area contributed by atoms with Gasteiger partial charge in [-0.1, -0.05) is 66.7 Å². The molecule has 0 fully saturated rings. The predicted molar refractivity (Wildman–Crippen MR) is 66.5 cm³/mol. The first-order chi connectivity index (χ1) is 6.65. The van der Waals surface area contributed by atoms with Gasteiger partial charge in [-0.2, -0.15) is 0 Å². The van der Waals surface area contributed by atoms with E-state index in [4.69, 9.17) is 0 Å². The summed E-state index contributed by atoms with van der Waals surface area (Å²) in [5.74, 6) is 2.83. The lowest BCUT2D eigenvalue weighted by Gasteiger charge is -2.25. The molecule has 0 N–H and O–H groups in total. The average molecular weight is 198 g/mol. The third-order valence-corrected chi connectivity index (χ3v) is 3.74. The molecule has 0 bridgehead atoms. The van der Waals surface area contributed by atoms with Crippen LogP contribution >= 0.6 is 0 Å². The Bertz CT molecular complexity index is 117. The second kappa shape index (κ2) is 8.32. The van der Waals surface area contributed by atoms with Crippen molar-refractivity contribution >= 4 is 0 Å². The zero-order chi connectivity index (χ0) is 11.0. The van der Waals surface area contributed by atoms with Gasteiger partial charge in [-0.05, 0) is 24.2 Å². The van der Waals surface area contributed by atoms with Crippen molar-refractivity contribution in [2.45, 2.75) is 73.1 Å². The van der Waals surface area contributed by atoms with Crippen LogP contribution in [-0.4, -0.2) is 0 Å². The minimum absolute atomic E-state index is 0.920. The Kier molecular flexibility index (Phi) is 8.32. The molecule has 0 nitrogen and oxygen atoms in total. The molecule has 0 saturated carbocycles. The van der Waals surface area contributed by atoms with Crippen LogP contribution in [0.15, 0.2) is 0 Å². The van der Waals surface area contributed by atoms with Gasteiger partial charge in [-0.15, -0.1) is 0 Å². The highest BCUT2D eigenvalue weighted by Crippen LogP contribution is 2.28. The number of hydrogen-bond donors (Lipinski definition) is 0. The van der Waals surface area contributed by atoms with E-state index in [0.29, 0.717) is 0 Å². The molecule has 0 aromatic rings. The van der Waals surface area contributed by atoms with E-state index in [1.54, 1.807) is 0 Å². The maximum Gasteiger partial charge on any atom is -0.0389 e. The van der Waals surface area contributed by atoms with Crippen LogP contribution in [0.4, 0.5) is 0 Å². The van der Waals surface area contributed by atoms with Crippen LogP contribution in [0.3, 0.4) is 0 Å². The smallest absolute Gasteiger partial charge is 0.0389 e. The molecule has 86 valence electrons. The number of unbranched alkanes of at least 4 members (excludes halogenated alkanes) is 1. The second-order valence-corrected chi connectivity index (χ2v) is 5.04. The van der Waals surface area contributed by atoms with Crippen molar-refractivity contribution < 1.29 is 0 Å². The molecule has 0 rings (SSSR count). The van der Waals surface area contributed by atoms with Crippen molar-refractivity contribution in [2.24, 2.45) is 17.8 Å². The Morgan fingerprint density at radius 3 is 2.00 bits per heavy atom. The van der Waals surface area contributed by atoms with Gasteiger partial charge >= 0.3 is 0 Å². The van der Waals surface area contributed by atoms with Crippen LogP contribution in [0.1, 0.15) is 73.1 Å². The SMILES string of the molecule is CCCCC(C)C(CC)CC(C)CC. The molecule has 0 saturated heterocycles. The summed E-state index contributed by atoms with van der Waals surface area (Å²) >= 11 is 0. The van der Waals surface area contributed by atoms with Crippen LogP contribution in [0.2, 0.25) is 0 Å². The quantitative estimate of drug-likeness (QED) is 0.498. The van der Waals surface area contributed by atoms with Gasteiger partial charge < -0.3 is 0 Å². The van der Waals surface area contributed by atoms with Crippen LogP contribution in [0, 0.1) is 17.8 Å².